The van der Waals surface area contributed by atoms with E-state index in [1.807, 2.05) is 0 Å². The largest absolute Gasteiger partial charge is 0.299 e. The maximum Gasteiger partial charge on any atom is 0.177 e. The van der Waals surface area contributed by atoms with Gasteiger partial charge in [-0.1, -0.05) is 50.7 Å². The molecule has 0 aliphatic heterocycles. The minimum Gasteiger partial charge on any atom is -0.299 e. The Morgan fingerprint density at radius 2 is 1.68 bits per heavy atom. The van der Waals surface area contributed by atoms with Crippen molar-refractivity contribution in [3.05, 3.63) is 35.1 Å². The topological polar surface area (TPSA) is 51.2 Å². The van der Waals surface area contributed by atoms with Gasteiger partial charge in [0, 0.05) is 17.9 Å². The van der Waals surface area contributed by atoms with Gasteiger partial charge in [-0.15, -0.1) is 0 Å². The van der Waals surface area contributed by atoms with Crippen LogP contribution in [0, 0.1) is 29.5 Å². The fraction of sp³-hybridized carbons (Fsp3) is 0.625. The van der Waals surface area contributed by atoms with Gasteiger partial charge in [0.15, 0.2) is 11.6 Å². The number of carbonyl (C=O) groups excluding carboxylic acids is 3. The molecular weight excluding hydrogens is 355 g/mol. The lowest BCUT2D eigenvalue weighted by Crippen LogP contribution is -2.30. The third kappa shape index (κ3) is 3.58. The summed E-state index contributed by atoms with van der Waals surface area (Å²) < 4.78 is 14.0. The van der Waals surface area contributed by atoms with Crippen molar-refractivity contribution in [1.29, 1.82) is 0 Å². The Morgan fingerprint density at radius 1 is 0.964 bits per heavy atom. The van der Waals surface area contributed by atoms with Crippen LogP contribution in [0.4, 0.5) is 4.39 Å². The Balaban J connectivity index is 1.36. The highest BCUT2D eigenvalue weighted by Gasteiger charge is 2.40. The number of rotatable bonds is 5. The van der Waals surface area contributed by atoms with Crippen molar-refractivity contribution in [2.45, 2.75) is 70.6 Å². The van der Waals surface area contributed by atoms with Crippen molar-refractivity contribution in [2.75, 3.05) is 0 Å². The number of hydrogen-bond donors (Lipinski definition) is 0. The molecule has 1 aromatic carbocycles. The third-order valence-corrected chi connectivity index (χ3v) is 7.31. The molecule has 4 unspecified atom stereocenters. The van der Waals surface area contributed by atoms with Crippen molar-refractivity contribution in [2.24, 2.45) is 23.7 Å². The third-order valence-electron chi connectivity index (χ3n) is 7.31. The first-order valence-electron chi connectivity index (χ1n) is 11.0. The smallest absolute Gasteiger partial charge is 0.177 e. The van der Waals surface area contributed by atoms with E-state index in [1.165, 1.54) is 56.7 Å². The minimum absolute atomic E-state index is 0.0577. The Kier molecular flexibility index (Phi) is 5.75. The molecule has 0 amide bonds. The summed E-state index contributed by atoms with van der Waals surface area (Å²) in [6.45, 7) is 0. The van der Waals surface area contributed by atoms with Gasteiger partial charge in [-0.3, -0.25) is 14.4 Å². The Hall–Kier alpha value is -1.84. The van der Waals surface area contributed by atoms with Gasteiger partial charge in [0.1, 0.15) is 11.6 Å². The average Bonchev–Trinajstić information content (AvgIpc) is 2.85. The first-order valence-corrected chi connectivity index (χ1v) is 11.0. The van der Waals surface area contributed by atoms with E-state index in [1.54, 1.807) is 0 Å². The van der Waals surface area contributed by atoms with Crippen molar-refractivity contribution >= 4 is 17.3 Å². The maximum absolute atomic E-state index is 14.0. The molecule has 4 heteroatoms. The van der Waals surface area contributed by atoms with Crippen LogP contribution in [0.2, 0.25) is 0 Å². The number of hydrogen-bond acceptors (Lipinski definition) is 3. The zero-order valence-corrected chi connectivity index (χ0v) is 16.4. The van der Waals surface area contributed by atoms with Crippen LogP contribution in [0.3, 0.4) is 0 Å². The monoisotopic (exact) mass is 384 g/mol. The fourth-order valence-electron chi connectivity index (χ4n) is 5.90. The van der Waals surface area contributed by atoms with Gasteiger partial charge in [-0.05, 0) is 43.6 Å². The SMILES string of the molecule is O=C1c2cccc(F)c2C(=O)C1CCCC(=O)C1CCCCC2CCCCC21. The quantitative estimate of drug-likeness (QED) is 0.625. The Bertz CT molecular complexity index is 784. The molecule has 3 aliphatic carbocycles. The van der Waals surface area contributed by atoms with E-state index < -0.39 is 17.5 Å². The number of benzene rings is 1. The summed E-state index contributed by atoms with van der Waals surface area (Å²) in [5.74, 6) is -0.385. The first kappa shape index (κ1) is 19.5. The van der Waals surface area contributed by atoms with E-state index in [2.05, 4.69) is 0 Å². The van der Waals surface area contributed by atoms with Gasteiger partial charge in [-0.25, -0.2) is 4.39 Å². The molecule has 0 heterocycles. The zero-order valence-electron chi connectivity index (χ0n) is 16.4. The highest BCUT2D eigenvalue weighted by molar-refractivity contribution is 6.26. The molecule has 0 N–H and O–H groups in total. The predicted octanol–water partition coefficient (Wildman–Crippen LogP) is 5.56. The Labute approximate surface area is 166 Å². The molecule has 0 spiro atoms. The molecule has 3 nitrogen and oxygen atoms in total. The predicted molar refractivity (Wildman–Crippen MR) is 105 cm³/mol. The average molecular weight is 384 g/mol. The lowest BCUT2D eigenvalue weighted by atomic mass is 9.70. The standard InChI is InChI=1S/C24H29FO3/c25-20-13-5-11-18-22(20)24(28)19(23(18)27)12-6-14-21(26)17-10-4-2-8-15-7-1-3-9-16(15)17/h5,11,13,15-17,19H,1-4,6-10,12,14H2. The van der Waals surface area contributed by atoms with Crippen LogP contribution in [-0.4, -0.2) is 17.3 Å². The molecule has 2 fully saturated rings. The summed E-state index contributed by atoms with van der Waals surface area (Å²) in [5, 5.41) is 0. The number of carbonyl (C=O) groups is 3. The summed E-state index contributed by atoms with van der Waals surface area (Å²) in [7, 11) is 0. The first-order chi connectivity index (χ1) is 13.6. The van der Waals surface area contributed by atoms with Gasteiger partial charge >= 0.3 is 0 Å². The van der Waals surface area contributed by atoms with Crippen LogP contribution in [0.1, 0.15) is 91.3 Å². The van der Waals surface area contributed by atoms with Crippen LogP contribution >= 0.6 is 0 Å². The van der Waals surface area contributed by atoms with Crippen LogP contribution in [-0.2, 0) is 4.79 Å². The van der Waals surface area contributed by atoms with Crippen molar-refractivity contribution < 1.29 is 18.8 Å². The number of fused-ring (bicyclic) bond motifs is 2. The van der Waals surface area contributed by atoms with Gasteiger partial charge in [0.2, 0.25) is 0 Å². The maximum atomic E-state index is 14.0. The molecule has 4 atom stereocenters. The molecule has 1 aromatic rings. The molecule has 150 valence electrons. The van der Waals surface area contributed by atoms with E-state index in [9.17, 15) is 18.8 Å². The number of ketones is 3. The number of halogens is 1. The Morgan fingerprint density at radius 3 is 2.43 bits per heavy atom. The van der Waals surface area contributed by atoms with Crippen LogP contribution in [0.15, 0.2) is 18.2 Å². The summed E-state index contributed by atoms with van der Waals surface area (Å²) in [6, 6.07) is 4.22. The number of Topliss-reactive ketones (excluding diaryl/α,β-unsaturated/α-hetero) is 3. The molecule has 0 aromatic heterocycles. The minimum atomic E-state index is -0.809. The molecule has 0 saturated heterocycles. The molecule has 0 bridgehead atoms. The van der Waals surface area contributed by atoms with E-state index in [0.717, 1.165) is 12.8 Å². The van der Waals surface area contributed by atoms with Crippen LogP contribution in [0.25, 0.3) is 0 Å². The fourth-order valence-corrected chi connectivity index (χ4v) is 5.90. The van der Waals surface area contributed by atoms with Crippen LogP contribution < -0.4 is 0 Å². The molecule has 2 saturated carbocycles. The highest BCUT2D eigenvalue weighted by atomic mass is 19.1. The van der Waals surface area contributed by atoms with Crippen molar-refractivity contribution in [1.82, 2.24) is 0 Å². The lowest BCUT2D eigenvalue weighted by Gasteiger charge is -2.34. The highest BCUT2D eigenvalue weighted by Crippen LogP contribution is 2.43. The summed E-state index contributed by atoms with van der Waals surface area (Å²) >= 11 is 0. The van der Waals surface area contributed by atoms with E-state index in [0.29, 0.717) is 36.9 Å². The summed E-state index contributed by atoms with van der Waals surface area (Å²) in [6.07, 6.45) is 10.9. The van der Waals surface area contributed by atoms with E-state index >= 15 is 0 Å². The van der Waals surface area contributed by atoms with Crippen molar-refractivity contribution in [3.8, 4) is 0 Å². The lowest BCUT2D eigenvalue weighted by molar-refractivity contribution is -0.126. The van der Waals surface area contributed by atoms with E-state index in [4.69, 9.17) is 0 Å². The van der Waals surface area contributed by atoms with Gasteiger partial charge in [0.05, 0.1) is 11.5 Å². The molecule has 3 aliphatic rings. The molecule has 4 rings (SSSR count). The summed E-state index contributed by atoms with van der Waals surface area (Å²) in [5.41, 5.74) is 0.146. The van der Waals surface area contributed by atoms with Gasteiger partial charge < -0.3 is 0 Å². The summed E-state index contributed by atoms with van der Waals surface area (Å²) in [4.78, 5) is 38.0. The second-order valence-electron chi connectivity index (χ2n) is 8.90. The second kappa shape index (κ2) is 8.26. The van der Waals surface area contributed by atoms with E-state index in [-0.39, 0.29) is 22.8 Å². The molecular formula is C24H29FO3. The second-order valence-corrected chi connectivity index (χ2v) is 8.90. The van der Waals surface area contributed by atoms with Crippen LogP contribution in [0.5, 0.6) is 0 Å². The zero-order chi connectivity index (χ0) is 19.7. The van der Waals surface area contributed by atoms with Gasteiger partial charge in [-0.2, -0.15) is 0 Å². The molecule has 0 radical (unpaired) electrons. The molecule has 28 heavy (non-hydrogen) atoms. The van der Waals surface area contributed by atoms with Crippen molar-refractivity contribution in [3.63, 3.8) is 0 Å². The van der Waals surface area contributed by atoms with Gasteiger partial charge in [0.25, 0.3) is 0 Å². The normalized spacial score (nSPS) is 29.9.